The van der Waals surface area contributed by atoms with Crippen LogP contribution in [-0.2, 0) is 4.79 Å². The number of ether oxygens (including phenoxy) is 1. The molecule has 4 heteroatoms. The quantitative estimate of drug-likeness (QED) is 0.811. The summed E-state index contributed by atoms with van der Waals surface area (Å²) in [5.41, 5.74) is 6.81. The van der Waals surface area contributed by atoms with Crippen LogP contribution in [0.1, 0.15) is 38.8 Å². The van der Waals surface area contributed by atoms with Gasteiger partial charge >= 0.3 is 0 Å². The lowest BCUT2D eigenvalue weighted by Gasteiger charge is -2.15. The van der Waals surface area contributed by atoms with Crippen LogP contribution in [0.5, 0.6) is 5.75 Å². The predicted molar refractivity (Wildman–Crippen MR) is 72.4 cm³/mol. The van der Waals surface area contributed by atoms with Crippen LogP contribution in [-0.4, -0.2) is 18.6 Å². The SMILES string of the molecule is CCCNC(=O)C(C)Oc1ccc([C@@H](C)N)cc1. The van der Waals surface area contributed by atoms with E-state index >= 15 is 0 Å². The average molecular weight is 250 g/mol. The summed E-state index contributed by atoms with van der Waals surface area (Å²) in [4.78, 5) is 11.6. The Bertz CT molecular complexity index is 374. The Labute approximate surface area is 109 Å². The number of carbonyl (C=O) groups is 1. The van der Waals surface area contributed by atoms with Crippen molar-refractivity contribution in [1.82, 2.24) is 5.32 Å². The van der Waals surface area contributed by atoms with Gasteiger partial charge in [0.1, 0.15) is 5.75 Å². The highest BCUT2D eigenvalue weighted by molar-refractivity contribution is 5.80. The van der Waals surface area contributed by atoms with E-state index < -0.39 is 6.10 Å². The third-order valence-electron chi connectivity index (χ3n) is 2.64. The fourth-order valence-corrected chi connectivity index (χ4v) is 1.50. The molecule has 0 bridgehead atoms. The zero-order valence-electron chi connectivity index (χ0n) is 11.3. The van der Waals surface area contributed by atoms with E-state index in [-0.39, 0.29) is 11.9 Å². The second-order valence-corrected chi connectivity index (χ2v) is 4.41. The molecule has 4 nitrogen and oxygen atoms in total. The summed E-state index contributed by atoms with van der Waals surface area (Å²) in [6.45, 7) is 6.36. The van der Waals surface area contributed by atoms with Crippen LogP contribution in [0.4, 0.5) is 0 Å². The van der Waals surface area contributed by atoms with Crippen LogP contribution in [0.15, 0.2) is 24.3 Å². The highest BCUT2D eigenvalue weighted by Crippen LogP contribution is 2.17. The van der Waals surface area contributed by atoms with Gasteiger partial charge in [0.05, 0.1) is 0 Å². The van der Waals surface area contributed by atoms with Crippen molar-refractivity contribution in [2.24, 2.45) is 5.73 Å². The molecule has 0 aliphatic carbocycles. The monoisotopic (exact) mass is 250 g/mol. The van der Waals surface area contributed by atoms with Crippen LogP contribution >= 0.6 is 0 Å². The third-order valence-corrected chi connectivity index (χ3v) is 2.64. The third kappa shape index (κ3) is 4.37. The first kappa shape index (κ1) is 14.5. The van der Waals surface area contributed by atoms with Gasteiger partial charge in [-0.25, -0.2) is 0 Å². The number of benzene rings is 1. The minimum atomic E-state index is -0.488. The van der Waals surface area contributed by atoms with Gasteiger partial charge in [0.2, 0.25) is 0 Å². The summed E-state index contributed by atoms with van der Waals surface area (Å²) in [7, 11) is 0. The summed E-state index contributed by atoms with van der Waals surface area (Å²) in [6.07, 6.45) is 0.430. The second kappa shape index (κ2) is 7.01. The second-order valence-electron chi connectivity index (χ2n) is 4.41. The highest BCUT2D eigenvalue weighted by Gasteiger charge is 2.13. The molecule has 18 heavy (non-hydrogen) atoms. The summed E-state index contributed by atoms with van der Waals surface area (Å²) in [5, 5.41) is 2.80. The molecule has 0 fully saturated rings. The van der Waals surface area contributed by atoms with E-state index in [0.717, 1.165) is 12.0 Å². The highest BCUT2D eigenvalue weighted by atomic mass is 16.5. The Kier molecular flexibility index (Phi) is 5.65. The molecule has 0 heterocycles. The smallest absolute Gasteiger partial charge is 0.260 e. The lowest BCUT2D eigenvalue weighted by Crippen LogP contribution is -2.36. The number of amides is 1. The molecule has 1 aromatic carbocycles. The Balaban J connectivity index is 2.53. The van der Waals surface area contributed by atoms with Crippen molar-refractivity contribution in [3.8, 4) is 5.75 Å². The molecule has 3 N–H and O–H groups in total. The number of nitrogens with two attached hydrogens (primary N) is 1. The van der Waals surface area contributed by atoms with Gasteiger partial charge in [0.15, 0.2) is 6.10 Å². The van der Waals surface area contributed by atoms with Crippen LogP contribution < -0.4 is 15.8 Å². The maximum Gasteiger partial charge on any atom is 0.260 e. The molecule has 1 aromatic rings. The molecule has 0 spiro atoms. The standard InChI is InChI=1S/C14H22N2O2/c1-4-9-16-14(17)11(3)18-13-7-5-12(6-8-13)10(2)15/h5-8,10-11H,4,9,15H2,1-3H3,(H,16,17)/t10-,11?/m1/s1. The van der Waals surface area contributed by atoms with Gasteiger partial charge in [-0.05, 0) is 38.0 Å². The number of rotatable bonds is 6. The molecule has 0 aromatic heterocycles. The summed E-state index contributed by atoms with van der Waals surface area (Å²) < 4.78 is 5.56. The van der Waals surface area contributed by atoms with Crippen molar-refractivity contribution < 1.29 is 9.53 Å². The Hall–Kier alpha value is -1.55. The van der Waals surface area contributed by atoms with Crippen molar-refractivity contribution >= 4 is 5.91 Å². The van der Waals surface area contributed by atoms with Gasteiger partial charge in [-0.15, -0.1) is 0 Å². The molecular weight excluding hydrogens is 228 g/mol. The van der Waals surface area contributed by atoms with Crippen LogP contribution in [0.25, 0.3) is 0 Å². The van der Waals surface area contributed by atoms with E-state index in [2.05, 4.69) is 5.32 Å². The Morgan fingerprint density at radius 1 is 1.33 bits per heavy atom. The van der Waals surface area contributed by atoms with Crippen molar-refractivity contribution in [3.05, 3.63) is 29.8 Å². The molecule has 0 radical (unpaired) electrons. The number of nitrogens with one attached hydrogen (secondary N) is 1. The normalized spacial score (nSPS) is 13.8. The lowest BCUT2D eigenvalue weighted by atomic mass is 10.1. The van der Waals surface area contributed by atoms with E-state index in [4.69, 9.17) is 10.5 Å². The van der Waals surface area contributed by atoms with E-state index in [0.29, 0.717) is 12.3 Å². The van der Waals surface area contributed by atoms with Gasteiger partial charge in [-0.2, -0.15) is 0 Å². The van der Waals surface area contributed by atoms with Crippen molar-refractivity contribution in [2.45, 2.75) is 39.3 Å². The fourth-order valence-electron chi connectivity index (χ4n) is 1.50. The summed E-state index contributed by atoms with van der Waals surface area (Å²) >= 11 is 0. The van der Waals surface area contributed by atoms with Crippen LogP contribution in [0, 0.1) is 0 Å². The molecule has 2 atom stereocenters. The zero-order valence-corrected chi connectivity index (χ0v) is 11.3. The first-order valence-corrected chi connectivity index (χ1v) is 6.34. The van der Waals surface area contributed by atoms with Gasteiger partial charge in [0.25, 0.3) is 5.91 Å². The molecule has 1 unspecified atom stereocenters. The Morgan fingerprint density at radius 3 is 2.44 bits per heavy atom. The first-order chi connectivity index (χ1) is 8.54. The number of hydrogen-bond donors (Lipinski definition) is 2. The molecule has 0 aliphatic heterocycles. The molecule has 0 saturated heterocycles. The average Bonchev–Trinajstić information content (AvgIpc) is 2.36. The zero-order chi connectivity index (χ0) is 13.5. The Morgan fingerprint density at radius 2 is 1.94 bits per heavy atom. The molecule has 1 rings (SSSR count). The number of hydrogen-bond acceptors (Lipinski definition) is 3. The molecule has 0 aliphatic rings. The molecule has 1 amide bonds. The van der Waals surface area contributed by atoms with E-state index in [1.807, 2.05) is 38.1 Å². The largest absolute Gasteiger partial charge is 0.481 e. The van der Waals surface area contributed by atoms with E-state index in [9.17, 15) is 4.79 Å². The van der Waals surface area contributed by atoms with Crippen LogP contribution in [0.2, 0.25) is 0 Å². The minimum Gasteiger partial charge on any atom is -0.481 e. The van der Waals surface area contributed by atoms with Gasteiger partial charge in [-0.3, -0.25) is 4.79 Å². The van der Waals surface area contributed by atoms with E-state index in [1.54, 1.807) is 6.92 Å². The molecular formula is C14H22N2O2. The first-order valence-electron chi connectivity index (χ1n) is 6.34. The van der Waals surface area contributed by atoms with Crippen LogP contribution in [0.3, 0.4) is 0 Å². The summed E-state index contributed by atoms with van der Waals surface area (Å²) in [6, 6.07) is 7.50. The molecule has 0 saturated carbocycles. The van der Waals surface area contributed by atoms with E-state index in [1.165, 1.54) is 0 Å². The van der Waals surface area contributed by atoms with Crippen molar-refractivity contribution in [1.29, 1.82) is 0 Å². The van der Waals surface area contributed by atoms with Crippen molar-refractivity contribution in [2.75, 3.05) is 6.54 Å². The number of carbonyl (C=O) groups excluding carboxylic acids is 1. The van der Waals surface area contributed by atoms with Gasteiger partial charge in [-0.1, -0.05) is 19.1 Å². The van der Waals surface area contributed by atoms with Crippen molar-refractivity contribution in [3.63, 3.8) is 0 Å². The van der Waals surface area contributed by atoms with Gasteiger partial charge < -0.3 is 15.8 Å². The maximum atomic E-state index is 11.6. The fraction of sp³-hybridized carbons (Fsp3) is 0.500. The topological polar surface area (TPSA) is 64.3 Å². The minimum absolute atomic E-state index is 0.00401. The summed E-state index contributed by atoms with van der Waals surface area (Å²) in [5.74, 6) is 0.590. The van der Waals surface area contributed by atoms with Gasteiger partial charge in [0, 0.05) is 12.6 Å². The molecule has 100 valence electrons. The lowest BCUT2D eigenvalue weighted by molar-refractivity contribution is -0.127. The maximum absolute atomic E-state index is 11.6. The predicted octanol–water partition coefficient (Wildman–Crippen LogP) is 2.00.